The molecule has 1 aliphatic rings. The molecule has 13 heteroatoms. The number of nitrogens with two attached hydrogens (primary N) is 1. The van der Waals surface area contributed by atoms with Crippen molar-refractivity contribution in [2.75, 3.05) is 13.2 Å². The number of primary amides is 1. The van der Waals surface area contributed by atoms with Crippen LogP contribution in [-0.4, -0.2) is 39.8 Å². The number of amides is 2. The van der Waals surface area contributed by atoms with Crippen molar-refractivity contribution in [3.8, 4) is 17.2 Å². The topological polar surface area (TPSA) is 114 Å². The SMILES string of the molecule is CCn1cc(-c2c(F)cccc2[C@@H]2CN(C(=O)/C=C/COC(N)=O)Cc3sc(C#N)cc32)c(C(F)(F)F)n1. The first kappa shape index (κ1) is 26.9. The summed E-state index contributed by atoms with van der Waals surface area (Å²) < 4.78 is 62.7. The molecule has 0 spiro atoms. The molecule has 4 rings (SSSR count). The molecule has 3 aromatic rings. The van der Waals surface area contributed by atoms with E-state index in [1.54, 1.807) is 13.0 Å². The number of fused-ring (bicyclic) bond motifs is 1. The number of aromatic nitrogens is 2. The summed E-state index contributed by atoms with van der Waals surface area (Å²) in [6.45, 7) is 1.69. The highest BCUT2D eigenvalue weighted by Crippen LogP contribution is 2.45. The lowest BCUT2D eigenvalue weighted by molar-refractivity contribution is -0.141. The highest BCUT2D eigenvalue weighted by atomic mass is 32.1. The molecule has 198 valence electrons. The van der Waals surface area contributed by atoms with Crippen LogP contribution >= 0.6 is 11.3 Å². The van der Waals surface area contributed by atoms with Gasteiger partial charge in [-0.2, -0.15) is 23.5 Å². The summed E-state index contributed by atoms with van der Waals surface area (Å²) in [5.41, 5.74) is 3.89. The Bertz CT molecular complexity index is 1450. The van der Waals surface area contributed by atoms with E-state index in [-0.39, 0.29) is 37.4 Å². The molecule has 38 heavy (non-hydrogen) atoms. The van der Waals surface area contributed by atoms with Crippen LogP contribution in [0.1, 0.15) is 39.4 Å². The minimum atomic E-state index is -4.83. The second kappa shape index (κ2) is 10.7. The average Bonchev–Trinajstić information content (AvgIpc) is 3.49. The Balaban J connectivity index is 1.82. The van der Waals surface area contributed by atoms with Gasteiger partial charge in [-0.25, -0.2) is 9.18 Å². The quantitative estimate of drug-likeness (QED) is 0.352. The number of hydrogen-bond acceptors (Lipinski definition) is 6. The molecule has 0 saturated carbocycles. The zero-order valence-corrected chi connectivity index (χ0v) is 20.8. The largest absolute Gasteiger partial charge is 0.445 e. The van der Waals surface area contributed by atoms with Gasteiger partial charge in [0.05, 0.1) is 6.54 Å². The molecule has 1 aliphatic heterocycles. The van der Waals surface area contributed by atoms with Crippen molar-refractivity contribution in [2.24, 2.45) is 5.73 Å². The number of carbonyl (C=O) groups excluding carboxylic acids is 2. The summed E-state index contributed by atoms with van der Waals surface area (Å²) in [6, 6.07) is 7.66. The van der Waals surface area contributed by atoms with Crippen molar-refractivity contribution in [1.29, 1.82) is 5.26 Å². The van der Waals surface area contributed by atoms with Gasteiger partial charge in [0.1, 0.15) is 23.4 Å². The van der Waals surface area contributed by atoms with Crippen LogP contribution in [0.15, 0.2) is 42.6 Å². The van der Waals surface area contributed by atoms with Gasteiger partial charge in [-0.3, -0.25) is 9.48 Å². The zero-order valence-electron chi connectivity index (χ0n) is 20.0. The van der Waals surface area contributed by atoms with Gasteiger partial charge in [0.15, 0.2) is 5.69 Å². The van der Waals surface area contributed by atoms with Crippen molar-refractivity contribution in [1.82, 2.24) is 14.7 Å². The molecule has 1 atom stereocenters. The summed E-state index contributed by atoms with van der Waals surface area (Å²) >= 11 is 1.15. The number of thiophene rings is 1. The lowest BCUT2D eigenvalue weighted by Crippen LogP contribution is -2.37. The summed E-state index contributed by atoms with van der Waals surface area (Å²) in [7, 11) is 0. The number of alkyl halides is 3. The van der Waals surface area contributed by atoms with Crippen LogP contribution in [-0.2, 0) is 28.8 Å². The van der Waals surface area contributed by atoms with Crippen LogP contribution in [0.4, 0.5) is 22.4 Å². The Morgan fingerprint density at radius 2 is 2.11 bits per heavy atom. The van der Waals surface area contributed by atoms with E-state index in [1.165, 1.54) is 29.2 Å². The molecule has 0 radical (unpaired) electrons. The summed E-state index contributed by atoms with van der Waals surface area (Å²) in [5.74, 6) is -2.06. The number of nitriles is 1. The van der Waals surface area contributed by atoms with Crippen molar-refractivity contribution in [3.05, 3.63) is 75.0 Å². The number of nitrogens with zero attached hydrogens (tertiary/aromatic N) is 4. The molecule has 3 heterocycles. The van der Waals surface area contributed by atoms with Gasteiger partial charge in [0.2, 0.25) is 5.91 Å². The van der Waals surface area contributed by atoms with E-state index in [0.717, 1.165) is 28.3 Å². The molecule has 0 unspecified atom stereocenters. The summed E-state index contributed by atoms with van der Waals surface area (Å²) in [4.78, 5) is 26.1. The summed E-state index contributed by atoms with van der Waals surface area (Å²) in [6.07, 6.45) is -2.19. The highest BCUT2D eigenvalue weighted by Gasteiger charge is 2.40. The van der Waals surface area contributed by atoms with E-state index in [9.17, 15) is 28.0 Å². The number of benzene rings is 1. The van der Waals surface area contributed by atoms with Gasteiger partial charge in [-0.05, 0) is 36.3 Å². The maximum atomic E-state index is 15.3. The van der Waals surface area contributed by atoms with Crippen molar-refractivity contribution >= 4 is 23.3 Å². The molecule has 1 aromatic carbocycles. The minimum Gasteiger partial charge on any atom is -0.445 e. The minimum absolute atomic E-state index is 0.00811. The van der Waals surface area contributed by atoms with E-state index in [0.29, 0.717) is 15.3 Å². The van der Waals surface area contributed by atoms with Crippen molar-refractivity contribution < 1.29 is 31.9 Å². The first-order chi connectivity index (χ1) is 18.0. The third-order valence-electron chi connectivity index (χ3n) is 6.00. The molecule has 2 aromatic heterocycles. The molecule has 0 bridgehead atoms. The van der Waals surface area contributed by atoms with E-state index < -0.39 is 41.2 Å². The molecule has 0 saturated heterocycles. The van der Waals surface area contributed by atoms with Crippen molar-refractivity contribution in [3.63, 3.8) is 0 Å². The molecular weight excluding hydrogens is 526 g/mol. The number of carbonyl (C=O) groups is 2. The van der Waals surface area contributed by atoms with Crippen LogP contribution in [0.2, 0.25) is 0 Å². The fourth-order valence-corrected chi connectivity index (χ4v) is 5.42. The normalized spacial score (nSPS) is 15.4. The number of aryl methyl sites for hydroxylation is 1. The van der Waals surface area contributed by atoms with Crippen LogP contribution in [0.25, 0.3) is 11.1 Å². The summed E-state index contributed by atoms with van der Waals surface area (Å²) in [5, 5.41) is 13.1. The monoisotopic (exact) mass is 547 g/mol. The fraction of sp³-hybridized carbons (Fsp3) is 0.280. The Labute approximate surface area is 218 Å². The zero-order chi connectivity index (χ0) is 27.6. The van der Waals surface area contributed by atoms with Gasteiger partial charge in [0, 0.05) is 47.3 Å². The molecule has 2 amide bonds. The van der Waals surface area contributed by atoms with E-state index >= 15 is 4.39 Å². The van der Waals surface area contributed by atoms with Gasteiger partial charge in [-0.1, -0.05) is 12.1 Å². The number of ether oxygens (including phenoxy) is 1. The van der Waals surface area contributed by atoms with Gasteiger partial charge in [-0.15, -0.1) is 11.3 Å². The van der Waals surface area contributed by atoms with Crippen LogP contribution < -0.4 is 5.73 Å². The number of rotatable bonds is 6. The Kier molecular flexibility index (Phi) is 7.54. The van der Waals surface area contributed by atoms with Crippen LogP contribution in [0.3, 0.4) is 0 Å². The van der Waals surface area contributed by atoms with Gasteiger partial charge < -0.3 is 15.4 Å². The smallest absolute Gasteiger partial charge is 0.435 e. The number of halogens is 4. The van der Waals surface area contributed by atoms with E-state index in [4.69, 9.17) is 5.73 Å². The maximum Gasteiger partial charge on any atom is 0.435 e. The third kappa shape index (κ3) is 5.40. The van der Waals surface area contributed by atoms with Crippen LogP contribution in [0.5, 0.6) is 0 Å². The third-order valence-corrected chi connectivity index (χ3v) is 7.04. The highest BCUT2D eigenvalue weighted by molar-refractivity contribution is 7.12. The van der Waals surface area contributed by atoms with Gasteiger partial charge in [0.25, 0.3) is 0 Å². The Morgan fingerprint density at radius 3 is 2.76 bits per heavy atom. The predicted octanol–water partition coefficient (Wildman–Crippen LogP) is 4.79. The molecular formula is C25H21F4N5O3S. The second-order valence-corrected chi connectivity index (χ2v) is 9.49. The molecule has 2 N–H and O–H groups in total. The second-order valence-electron chi connectivity index (χ2n) is 8.35. The Hall–Kier alpha value is -4.18. The van der Waals surface area contributed by atoms with Gasteiger partial charge >= 0.3 is 12.3 Å². The van der Waals surface area contributed by atoms with E-state index in [2.05, 4.69) is 15.9 Å². The lowest BCUT2D eigenvalue weighted by atomic mass is 9.83. The molecule has 0 aliphatic carbocycles. The van der Waals surface area contributed by atoms with Crippen molar-refractivity contribution in [2.45, 2.75) is 32.1 Å². The first-order valence-corrected chi connectivity index (χ1v) is 12.2. The standard InChI is InChI=1S/C25H21F4N5O3S/c1-2-34-12-18(23(32-34)25(27,28)29)22-15(5-3-6-19(22)26)17-11-33(21(35)7-4-8-37-24(31)36)13-20-16(17)9-14(10-30)38-20/h3-7,9,12,17H,2,8,11,13H2,1H3,(H2,31,36)/b7-4+/t17-/m0/s1. The Morgan fingerprint density at radius 1 is 1.34 bits per heavy atom. The molecule has 8 nitrogen and oxygen atoms in total. The first-order valence-electron chi connectivity index (χ1n) is 11.4. The van der Waals surface area contributed by atoms with Crippen LogP contribution in [0, 0.1) is 17.1 Å². The maximum absolute atomic E-state index is 15.3. The average molecular weight is 548 g/mol. The van der Waals surface area contributed by atoms with E-state index in [1.807, 2.05) is 0 Å². The fourth-order valence-electron chi connectivity index (χ4n) is 4.38. The molecule has 0 fully saturated rings. The lowest BCUT2D eigenvalue weighted by Gasteiger charge is -2.33. The number of hydrogen-bond donors (Lipinski definition) is 1. The predicted molar refractivity (Wildman–Crippen MR) is 129 cm³/mol.